The molecule has 5 nitrogen and oxygen atoms in total. The van der Waals surface area contributed by atoms with Crippen LogP contribution in [0.5, 0.6) is 11.5 Å². The maximum Gasteiger partial charge on any atom is 0.258 e. The summed E-state index contributed by atoms with van der Waals surface area (Å²) in [7, 11) is 2.92. The lowest BCUT2D eigenvalue weighted by atomic mass is 10.1. The highest BCUT2D eigenvalue weighted by molar-refractivity contribution is 6.08. The Hall–Kier alpha value is -2.76. The summed E-state index contributed by atoms with van der Waals surface area (Å²) in [5.74, 6) is -0.150. The summed E-state index contributed by atoms with van der Waals surface area (Å²) in [4.78, 5) is 12.3. The number of halogens is 1. The van der Waals surface area contributed by atoms with Gasteiger partial charge in [-0.1, -0.05) is 6.07 Å². The van der Waals surface area contributed by atoms with E-state index in [2.05, 4.69) is 5.32 Å². The summed E-state index contributed by atoms with van der Waals surface area (Å²) in [5, 5.41) is 2.57. The van der Waals surface area contributed by atoms with Crippen molar-refractivity contribution in [1.82, 2.24) is 0 Å². The highest BCUT2D eigenvalue weighted by atomic mass is 19.1. The summed E-state index contributed by atoms with van der Waals surface area (Å²) in [6.07, 6.45) is 0. The van der Waals surface area contributed by atoms with Crippen molar-refractivity contribution < 1.29 is 18.7 Å². The van der Waals surface area contributed by atoms with Gasteiger partial charge in [-0.3, -0.25) is 4.79 Å². The zero-order valence-corrected chi connectivity index (χ0v) is 11.6. The number of hydrogen-bond acceptors (Lipinski definition) is 4. The first-order valence-electron chi connectivity index (χ1n) is 6.13. The fourth-order valence-electron chi connectivity index (χ4n) is 1.84. The molecular formula is C15H15FN2O3. The van der Waals surface area contributed by atoms with Crippen molar-refractivity contribution in [3.63, 3.8) is 0 Å². The summed E-state index contributed by atoms with van der Waals surface area (Å²) >= 11 is 0. The van der Waals surface area contributed by atoms with E-state index in [9.17, 15) is 9.18 Å². The van der Waals surface area contributed by atoms with Crippen LogP contribution in [-0.4, -0.2) is 20.1 Å². The minimum Gasteiger partial charge on any atom is -0.497 e. The monoisotopic (exact) mass is 290 g/mol. The second kappa shape index (κ2) is 6.13. The van der Waals surface area contributed by atoms with E-state index in [1.807, 2.05) is 0 Å². The number of ether oxygens (including phenoxy) is 2. The van der Waals surface area contributed by atoms with Crippen LogP contribution in [0, 0.1) is 5.82 Å². The fourth-order valence-corrected chi connectivity index (χ4v) is 1.84. The van der Waals surface area contributed by atoms with Gasteiger partial charge < -0.3 is 20.5 Å². The lowest BCUT2D eigenvalue weighted by Crippen LogP contribution is -2.15. The Kier molecular flexibility index (Phi) is 4.27. The summed E-state index contributed by atoms with van der Waals surface area (Å²) in [6, 6.07) is 8.65. The minimum atomic E-state index is -0.477. The van der Waals surface area contributed by atoms with E-state index in [0.717, 1.165) is 0 Å². The molecule has 6 heteroatoms. The summed E-state index contributed by atoms with van der Waals surface area (Å²) in [6.45, 7) is 0. The molecule has 0 spiro atoms. The maximum absolute atomic E-state index is 13.1. The Morgan fingerprint density at radius 3 is 2.57 bits per heavy atom. The maximum atomic E-state index is 13.1. The lowest BCUT2D eigenvalue weighted by Gasteiger charge is -2.13. The number of nitrogen functional groups attached to an aromatic ring is 1. The molecule has 0 aromatic heterocycles. The number of benzene rings is 2. The first kappa shape index (κ1) is 14.6. The molecule has 0 saturated heterocycles. The van der Waals surface area contributed by atoms with Gasteiger partial charge in [0.05, 0.1) is 25.5 Å². The molecule has 2 aromatic carbocycles. The van der Waals surface area contributed by atoms with E-state index in [4.69, 9.17) is 15.2 Å². The van der Waals surface area contributed by atoms with Crippen LogP contribution in [0.1, 0.15) is 10.4 Å². The molecular weight excluding hydrogens is 275 g/mol. The van der Waals surface area contributed by atoms with Crippen LogP contribution < -0.4 is 20.5 Å². The summed E-state index contributed by atoms with van der Waals surface area (Å²) < 4.78 is 23.3. The predicted molar refractivity (Wildman–Crippen MR) is 78.3 cm³/mol. The van der Waals surface area contributed by atoms with Gasteiger partial charge in [-0.05, 0) is 24.3 Å². The van der Waals surface area contributed by atoms with E-state index < -0.39 is 11.7 Å². The van der Waals surface area contributed by atoms with Crippen molar-refractivity contribution in [1.29, 1.82) is 0 Å². The molecule has 0 fully saturated rings. The smallest absolute Gasteiger partial charge is 0.258 e. The van der Waals surface area contributed by atoms with E-state index in [-0.39, 0.29) is 11.3 Å². The molecule has 0 aliphatic rings. The summed E-state index contributed by atoms with van der Waals surface area (Å²) in [5.41, 5.74) is 6.60. The molecule has 0 aliphatic heterocycles. The molecule has 3 N–H and O–H groups in total. The van der Waals surface area contributed by atoms with Crippen LogP contribution in [0.25, 0.3) is 0 Å². The standard InChI is InChI=1S/C15H15FN2O3/c1-20-11-7-12(14(17)13(8-11)21-2)15(19)18-10-5-3-4-9(16)6-10/h3-8H,17H2,1-2H3,(H,18,19). The Morgan fingerprint density at radius 2 is 1.95 bits per heavy atom. The zero-order chi connectivity index (χ0) is 15.4. The van der Waals surface area contributed by atoms with Crippen molar-refractivity contribution >= 4 is 17.3 Å². The second-order valence-corrected chi connectivity index (χ2v) is 4.26. The molecule has 1 amide bonds. The molecule has 0 aliphatic carbocycles. The van der Waals surface area contributed by atoms with Crippen LogP contribution in [-0.2, 0) is 0 Å². The quantitative estimate of drug-likeness (QED) is 0.849. The van der Waals surface area contributed by atoms with E-state index >= 15 is 0 Å². The SMILES string of the molecule is COc1cc(OC)c(N)c(C(=O)Nc2cccc(F)c2)c1. The van der Waals surface area contributed by atoms with Gasteiger partial charge in [0.25, 0.3) is 5.91 Å². The van der Waals surface area contributed by atoms with Crippen molar-refractivity contribution in [2.45, 2.75) is 0 Å². The van der Waals surface area contributed by atoms with E-state index in [1.165, 1.54) is 38.5 Å². The first-order valence-corrected chi connectivity index (χ1v) is 6.13. The number of methoxy groups -OCH3 is 2. The molecule has 2 aromatic rings. The lowest BCUT2D eigenvalue weighted by molar-refractivity contribution is 0.102. The molecule has 0 bridgehead atoms. The number of carbonyl (C=O) groups is 1. The van der Waals surface area contributed by atoms with Crippen LogP contribution in [0.3, 0.4) is 0 Å². The zero-order valence-electron chi connectivity index (χ0n) is 11.6. The molecule has 2 rings (SSSR count). The normalized spacial score (nSPS) is 10.0. The van der Waals surface area contributed by atoms with Crippen molar-refractivity contribution in [2.75, 3.05) is 25.3 Å². The Balaban J connectivity index is 2.34. The number of nitrogens with one attached hydrogen (secondary N) is 1. The minimum absolute atomic E-state index is 0.187. The third-order valence-electron chi connectivity index (χ3n) is 2.90. The van der Waals surface area contributed by atoms with Crippen molar-refractivity contribution in [3.8, 4) is 11.5 Å². The fraction of sp³-hybridized carbons (Fsp3) is 0.133. The Bertz CT molecular complexity index is 674. The first-order chi connectivity index (χ1) is 10.0. The number of carbonyl (C=O) groups excluding carboxylic acids is 1. The molecule has 0 saturated carbocycles. The van der Waals surface area contributed by atoms with Gasteiger partial charge in [-0.25, -0.2) is 4.39 Å². The Labute approximate surface area is 121 Å². The number of nitrogens with two attached hydrogens (primary N) is 1. The van der Waals surface area contributed by atoms with Crippen LogP contribution >= 0.6 is 0 Å². The van der Waals surface area contributed by atoms with Gasteiger partial charge in [0.15, 0.2) is 0 Å². The van der Waals surface area contributed by atoms with Gasteiger partial charge in [-0.15, -0.1) is 0 Å². The van der Waals surface area contributed by atoms with Crippen LogP contribution in [0.2, 0.25) is 0 Å². The van der Waals surface area contributed by atoms with Crippen molar-refractivity contribution in [2.24, 2.45) is 0 Å². The number of hydrogen-bond donors (Lipinski definition) is 2. The topological polar surface area (TPSA) is 73.6 Å². The second-order valence-electron chi connectivity index (χ2n) is 4.26. The van der Waals surface area contributed by atoms with Gasteiger partial charge in [0.2, 0.25) is 0 Å². The molecule has 21 heavy (non-hydrogen) atoms. The molecule has 110 valence electrons. The predicted octanol–water partition coefficient (Wildman–Crippen LogP) is 2.68. The average molecular weight is 290 g/mol. The van der Waals surface area contributed by atoms with Gasteiger partial charge in [0.1, 0.15) is 17.3 Å². The van der Waals surface area contributed by atoms with Crippen molar-refractivity contribution in [3.05, 3.63) is 47.8 Å². The number of amides is 1. The number of anilines is 2. The van der Waals surface area contributed by atoms with E-state index in [1.54, 1.807) is 12.1 Å². The van der Waals surface area contributed by atoms with E-state index in [0.29, 0.717) is 17.2 Å². The highest BCUT2D eigenvalue weighted by Gasteiger charge is 2.16. The average Bonchev–Trinajstić information content (AvgIpc) is 2.47. The largest absolute Gasteiger partial charge is 0.497 e. The molecule has 0 atom stereocenters. The molecule has 0 heterocycles. The van der Waals surface area contributed by atoms with Gasteiger partial charge in [0, 0.05) is 11.8 Å². The molecule has 0 radical (unpaired) electrons. The third-order valence-corrected chi connectivity index (χ3v) is 2.90. The van der Waals surface area contributed by atoms with Gasteiger partial charge >= 0.3 is 0 Å². The highest BCUT2D eigenvalue weighted by Crippen LogP contribution is 2.31. The van der Waals surface area contributed by atoms with Crippen LogP contribution in [0.15, 0.2) is 36.4 Å². The number of rotatable bonds is 4. The molecule has 0 unspecified atom stereocenters. The third kappa shape index (κ3) is 3.22. The van der Waals surface area contributed by atoms with Gasteiger partial charge in [-0.2, -0.15) is 0 Å². The van der Waals surface area contributed by atoms with Crippen LogP contribution in [0.4, 0.5) is 15.8 Å². The Morgan fingerprint density at radius 1 is 1.19 bits per heavy atom.